The van der Waals surface area contributed by atoms with E-state index in [-0.39, 0.29) is 11.7 Å². The van der Waals surface area contributed by atoms with Gasteiger partial charge in [0.15, 0.2) is 5.13 Å². The molecule has 0 saturated carbocycles. The Hall–Kier alpha value is -0.550. The average Bonchev–Trinajstić information content (AvgIpc) is 2.35. The van der Waals surface area contributed by atoms with Gasteiger partial charge in [0.1, 0.15) is 0 Å². The molecule has 1 amide bonds. The molecule has 1 aromatic rings. The molecular formula is C6H8N2OS2. The van der Waals surface area contributed by atoms with Gasteiger partial charge in [-0.1, -0.05) is 0 Å². The fourth-order valence-corrected chi connectivity index (χ4v) is 1.33. The Morgan fingerprint density at radius 2 is 2.64 bits per heavy atom. The van der Waals surface area contributed by atoms with Crippen LogP contribution in [-0.4, -0.2) is 16.6 Å². The number of aryl methyl sites for hydroxylation is 1. The first-order valence-electron chi connectivity index (χ1n) is 3.05. The van der Waals surface area contributed by atoms with Crippen LogP contribution in [-0.2, 0) is 4.79 Å². The zero-order valence-electron chi connectivity index (χ0n) is 6.00. The van der Waals surface area contributed by atoms with Crippen LogP contribution in [0.25, 0.3) is 0 Å². The normalized spacial score (nSPS) is 9.64. The second-order valence-electron chi connectivity index (χ2n) is 1.98. The maximum atomic E-state index is 10.8. The van der Waals surface area contributed by atoms with Gasteiger partial charge in [0.05, 0.1) is 5.75 Å². The van der Waals surface area contributed by atoms with Crippen molar-refractivity contribution in [2.75, 3.05) is 11.1 Å². The number of nitrogens with zero attached hydrogens (tertiary/aromatic N) is 1. The highest BCUT2D eigenvalue weighted by atomic mass is 32.1. The van der Waals surface area contributed by atoms with Crippen molar-refractivity contribution in [1.29, 1.82) is 0 Å². The standard InChI is InChI=1S/C6H8N2OS2/c1-4-2-7-6(11-4)8-5(9)3-10/h2,10H,3H2,1H3,(H,7,8,9). The van der Waals surface area contributed by atoms with Crippen LogP contribution >= 0.6 is 24.0 Å². The fraction of sp³-hybridized carbons (Fsp3) is 0.333. The highest BCUT2D eigenvalue weighted by molar-refractivity contribution is 7.81. The van der Waals surface area contributed by atoms with Crippen LogP contribution in [0.5, 0.6) is 0 Å². The molecule has 0 unspecified atom stereocenters. The van der Waals surface area contributed by atoms with E-state index in [0.29, 0.717) is 5.13 Å². The number of aromatic nitrogens is 1. The number of thiazole rings is 1. The van der Waals surface area contributed by atoms with Gasteiger partial charge in [-0.05, 0) is 6.92 Å². The molecule has 60 valence electrons. The summed E-state index contributed by atoms with van der Waals surface area (Å²) < 4.78 is 0. The van der Waals surface area contributed by atoms with Gasteiger partial charge < -0.3 is 5.32 Å². The number of amides is 1. The summed E-state index contributed by atoms with van der Waals surface area (Å²) in [7, 11) is 0. The molecule has 0 aliphatic heterocycles. The molecule has 1 rings (SSSR count). The molecule has 0 saturated heterocycles. The van der Waals surface area contributed by atoms with Crippen molar-refractivity contribution in [2.45, 2.75) is 6.92 Å². The summed E-state index contributed by atoms with van der Waals surface area (Å²) in [4.78, 5) is 15.8. The van der Waals surface area contributed by atoms with Gasteiger partial charge in [-0.3, -0.25) is 4.79 Å². The first-order valence-corrected chi connectivity index (χ1v) is 4.50. The van der Waals surface area contributed by atoms with Gasteiger partial charge >= 0.3 is 0 Å². The predicted octanol–water partition coefficient (Wildman–Crippen LogP) is 1.32. The highest BCUT2D eigenvalue weighted by Gasteiger charge is 2.01. The molecule has 0 aliphatic rings. The van der Waals surface area contributed by atoms with Crippen LogP contribution in [0.15, 0.2) is 6.20 Å². The number of thiol groups is 1. The molecule has 0 radical (unpaired) electrons. The van der Waals surface area contributed by atoms with Gasteiger partial charge in [-0.25, -0.2) is 4.98 Å². The van der Waals surface area contributed by atoms with Crippen molar-refractivity contribution in [3.63, 3.8) is 0 Å². The molecule has 3 nitrogen and oxygen atoms in total. The van der Waals surface area contributed by atoms with Crippen LogP contribution in [0.3, 0.4) is 0 Å². The van der Waals surface area contributed by atoms with E-state index >= 15 is 0 Å². The minimum atomic E-state index is -0.123. The molecular weight excluding hydrogens is 180 g/mol. The topological polar surface area (TPSA) is 42.0 Å². The van der Waals surface area contributed by atoms with Crippen molar-refractivity contribution >= 4 is 35.0 Å². The van der Waals surface area contributed by atoms with E-state index in [9.17, 15) is 4.79 Å². The zero-order chi connectivity index (χ0) is 8.27. The average molecular weight is 188 g/mol. The first kappa shape index (κ1) is 8.55. The van der Waals surface area contributed by atoms with E-state index < -0.39 is 0 Å². The molecule has 0 atom stereocenters. The van der Waals surface area contributed by atoms with Crippen LogP contribution < -0.4 is 5.32 Å². The Morgan fingerprint density at radius 3 is 3.09 bits per heavy atom. The van der Waals surface area contributed by atoms with Gasteiger partial charge in [-0.2, -0.15) is 12.6 Å². The van der Waals surface area contributed by atoms with Crippen molar-refractivity contribution < 1.29 is 4.79 Å². The number of nitrogens with one attached hydrogen (secondary N) is 1. The van der Waals surface area contributed by atoms with Crippen molar-refractivity contribution in [3.05, 3.63) is 11.1 Å². The molecule has 0 aromatic carbocycles. The van der Waals surface area contributed by atoms with Crippen LogP contribution in [0, 0.1) is 6.92 Å². The second-order valence-corrected chi connectivity index (χ2v) is 3.53. The van der Waals surface area contributed by atoms with E-state index in [1.54, 1.807) is 6.20 Å². The minimum Gasteiger partial charge on any atom is -0.301 e. The van der Waals surface area contributed by atoms with Crippen molar-refractivity contribution in [2.24, 2.45) is 0 Å². The monoisotopic (exact) mass is 188 g/mol. The Kier molecular flexibility index (Phi) is 2.90. The fourth-order valence-electron chi connectivity index (χ4n) is 0.571. The summed E-state index contributed by atoms with van der Waals surface area (Å²) in [5.41, 5.74) is 0. The second kappa shape index (κ2) is 3.73. The number of rotatable bonds is 2. The summed E-state index contributed by atoms with van der Waals surface area (Å²) >= 11 is 5.27. The SMILES string of the molecule is Cc1cnc(NC(=O)CS)s1. The third-order valence-corrected chi connectivity index (χ3v) is 2.13. The molecule has 0 spiro atoms. The third-order valence-electron chi connectivity index (χ3n) is 1.01. The van der Waals surface area contributed by atoms with Gasteiger partial charge in [-0.15, -0.1) is 11.3 Å². The first-order chi connectivity index (χ1) is 5.22. The molecule has 0 fully saturated rings. The molecule has 11 heavy (non-hydrogen) atoms. The largest absolute Gasteiger partial charge is 0.301 e. The minimum absolute atomic E-state index is 0.123. The summed E-state index contributed by atoms with van der Waals surface area (Å²) in [6.45, 7) is 1.94. The maximum absolute atomic E-state index is 10.8. The van der Waals surface area contributed by atoms with E-state index in [4.69, 9.17) is 0 Å². The number of carbonyl (C=O) groups is 1. The van der Waals surface area contributed by atoms with Gasteiger partial charge in [0.2, 0.25) is 5.91 Å². The van der Waals surface area contributed by atoms with E-state index in [1.165, 1.54) is 11.3 Å². The molecule has 5 heteroatoms. The lowest BCUT2D eigenvalue weighted by atomic mass is 10.6. The number of hydrogen-bond acceptors (Lipinski definition) is 4. The Balaban J connectivity index is 2.57. The lowest BCUT2D eigenvalue weighted by Gasteiger charge is -1.94. The van der Waals surface area contributed by atoms with E-state index in [0.717, 1.165) is 4.88 Å². The summed E-state index contributed by atoms with van der Waals surface area (Å²) in [5.74, 6) is 0.0706. The predicted molar refractivity (Wildman–Crippen MR) is 49.3 cm³/mol. The third kappa shape index (κ3) is 2.51. The van der Waals surface area contributed by atoms with Crippen LogP contribution in [0.4, 0.5) is 5.13 Å². The lowest BCUT2D eigenvalue weighted by molar-refractivity contribution is -0.113. The Morgan fingerprint density at radius 1 is 1.91 bits per heavy atom. The number of carbonyl (C=O) groups excluding carboxylic acids is 1. The lowest BCUT2D eigenvalue weighted by Crippen LogP contribution is -2.11. The molecule has 1 heterocycles. The van der Waals surface area contributed by atoms with Crippen LogP contribution in [0.2, 0.25) is 0 Å². The molecule has 1 N–H and O–H groups in total. The van der Waals surface area contributed by atoms with Gasteiger partial charge in [0, 0.05) is 11.1 Å². The van der Waals surface area contributed by atoms with E-state index in [2.05, 4.69) is 22.9 Å². The summed E-state index contributed by atoms with van der Waals surface area (Å²) in [5, 5.41) is 3.24. The van der Waals surface area contributed by atoms with E-state index in [1.807, 2.05) is 6.92 Å². The Labute approximate surface area is 74.3 Å². The van der Waals surface area contributed by atoms with Gasteiger partial charge in [0.25, 0.3) is 0 Å². The number of hydrogen-bond donors (Lipinski definition) is 2. The molecule has 0 aliphatic carbocycles. The zero-order valence-corrected chi connectivity index (χ0v) is 7.71. The summed E-state index contributed by atoms with van der Waals surface area (Å²) in [6.07, 6.45) is 1.72. The number of anilines is 1. The quantitative estimate of drug-likeness (QED) is 0.687. The van der Waals surface area contributed by atoms with Crippen molar-refractivity contribution in [1.82, 2.24) is 4.98 Å². The van der Waals surface area contributed by atoms with Crippen molar-refractivity contribution in [3.8, 4) is 0 Å². The highest BCUT2D eigenvalue weighted by Crippen LogP contribution is 2.15. The summed E-state index contributed by atoms with van der Waals surface area (Å²) in [6, 6.07) is 0. The van der Waals surface area contributed by atoms with Crippen LogP contribution in [0.1, 0.15) is 4.88 Å². The Bertz CT molecular complexity index is 259. The smallest absolute Gasteiger partial charge is 0.235 e. The molecule has 0 bridgehead atoms. The maximum Gasteiger partial charge on any atom is 0.235 e. The molecule has 1 aromatic heterocycles.